The molecule has 7 heteroatoms. The first-order valence-corrected chi connectivity index (χ1v) is 11.0. The van der Waals surface area contributed by atoms with E-state index in [1.807, 2.05) is 18.2 Å². The normalized spacial score (nSPS) is 11.6. The van der Waals surface area contributed by atoms with Gasteiger partial charge in [0.1, 0.15) is 11.3 Å². The van der Waals surface area contributed by atoms with Crippen molar-refractivity contribution in [1.82, 2.24) is 0 Å². The summed E-state index contributed by atoms with van der Waals surface area (Å²) in [6.45, 7) is 0. The van der Waals surface area contributed by atoms with E-state index in [4.69, 9.17) is 4.42 Å². The monoisotopic (exact) mass is 411 g/mol. The summed E-state index contributed by atoms with van der Waals surface area (Å²) in [5.74, 6) is 0.888. The first-order valence-electron chi connectivity index (χ1n) is 8.52. The molecule has 5 nitrogen and oxygen atoms in total. The third-order valence-corrected chi connectivity index (χ3v) is 6.37. The van der Waals surface area contributed by atoms with Gasteiger partial charge >= 0.3 is 0 Å². The van der Waals surface area contributed by atoms with Crippen LogP contribution in [0, 0.1) is 0 Å². The Balaban J connectivity index is 1.50. The molecule has 0 aliphatic heterocycles. The molecular weight excluding hydrogens is 394 g/mol. The minimum Gasteiger partial charge on any atom is -0.508 e. The number of phenols is 1. The number of aromatic hydroxyl groups is 1. The summed E-state index contributed by atoms with van der Waals surface area (Å²) in [7, 11) is -3.82. The summed E-state index contributed by atoms with van der Waals surface area (Å²) in [6.07, 6.45) is 0. The number of thioether (sulfide) groups is 1. The first kappa shape index (κ1) is 18.5. The molecule has 0 aliphatic carbocycles. The Morgan fingerprint density at radius 3 is 2.57 bits per heavy atom. The van der Waals surface area contributed by atoms with Gasteiger partial charge in [-0.3, -0.25) is 4.72 Å². The predicted molar refractivity (Wildman–Crippen MR) is 111 cm³/mol. The summed E-state index contributed by atoms with van der Waals surface area (Å²) in [5.41, 5.74) is 1.97. The van der Waals surface area contributed by atoms with Gasteiger partial charge in [0.15, 0.2) is 0 Å². The standard InChI is InChI=1S/C21H17NO4S2/c23-18-8-3-5-15(11-18)14-27-19-9-4-7-17(13-19)22-28(24,25)21-12-16-6-1-2-10-20(16)26-21/h1-13,22-23H,14H2. The lowest BCUT2D eigenvalue weighted by molar-refractivity contribution is 0.475. The second-order valence-corrected chi connectivity index (χ2v) is 8.86. The first-order chi connectivity index (χ1) is 13.5. The summed E-state index contributed by atoms with van der Waals surface area (Å²) in [6, 6.07) is 22.9. The van der Waals surface area contributed by atoms with Crippen LogP contribution in [-0.4, -0.2) is 13.5 Å². The highest BCUT2D eigenvalue weighted by Gasteiger charge is 2.19. The number of fused-ring (bicyclic) bond motifs is 1. The van der Waals surface area contributed by atoms with Gasteiger partial charge in [-0.25, -0.2) is 0 Å². The zero-order valence-corrected chi connectivity index (χ0v) is 16.3. The topological polar surface area (TPSA) is 79.5 Å². The molecule has 142 valence electrons. The molecule has 1 aromatic heterocycles. The van der Waals surface area contributed by atoms with E-state index in [2.05, 4.69) is 4.72 Å². The minimum atomic E-state index is -3.82. The average Bonchev–Trinajstić information content (AvgIpc) is 3.12. The molecule has 0 aliphatic rings. The van der Waals surface area contributed by atoms with Crippen LogP contribution in [0.4, 0.5) is 5.69 Å². The number of sulfonamides is 1. The Bertz CT molecular complexity index is 1200. The molecule has 28 heavy (non-hydrogen) atoms. The molecule has 2 N–H and O–H groups in total. The van der Waals surface area contributed by atoms with Crippen molar-refractivity contribution < 1.29 is 17.9 Å². The molecule has 0 atom stereocenters. The Morgan fingerprint density at radius 1 is 0.929 bits per heavy atom. The second kappa shape index (κ2) is 7.61. The molecule has 0 unspecified atom stereocenters. The van der Waals surface area contributed by atoms with E-state index in [0.29, 0.717) is 17.0 Å². The molecule has 3 aromatic carbocycles. The molecule has 0 amide bonds. The fourth-order valence-corrected chi connectivity index (χ4v) is 4.68. The van der Waals surface area contributed by atoms with Gasteiger partial charge in [0.25, 0.3) is 10.0 Å². The highest BCUT2D eigenvalue weighted by molar-refractivity contribution is 7.98. The quantitative estimate of drug-likeness (QED) is 0.425. The maximum atomic E-state index is 12.7. The molecule has 0 spiro atoms. The molecule has 4 rings (SSSR count). The van der Waals surface area contributed by atoms with E-state index in [-0.39, 0.29) is 10.8 Å². The third kappa shape index (κ3) is 4.16. The average molecular weight is 412 g/mol. The number of anilines is 1. The molecule has 0 saturated carbocycles. The van der Waals surface area contributed by atoms with Crippen LogP contribution in [0.3, 0.4) is 0 Å². The Morgan fingerprint density at radius 2 is 1.75 bits per heavy atom. The lowest BCUT2D eigenvalue weighted by Crippen LogP contribution is -2.12. The van der Waals surface area contributed by atoms with Crippen LogP contribution in [0.5, 0.6) is 5.75 Å². The number of hydrogen-bond donors (Lipinski definition) is 2. The highest BCUT2D eigenvalue weighted by Crippen LogP contribution is 2.28. The fourth-order valence-electron chi connectivity index (χ4n) is 2.76. The lowest BCUT2D eigenvalue weighted by Gasteiger charge is -2.08. The van der Waals surface area contributed by atoms with Crippen molar-refractivity contribution >= 4 is 38.4 Å². The van der Waals surface area contributed by atoms with Gasteiger partial charge in [-0.15, -0.1) is 11.8 Å². The summed E-state index contributed by atoms with van der Waals surface area (Å²) in [4.78, 5) is 0.910. The fraction of sp³-hybridized carbons (Fsp3) is 0.0476. The van der Waals surface area contributed by atoms with E-state index in [1.54, 1.807) is 66.4 Å². The van der Waals surface area contributed by atoms with E-state index in [0.717, 1.165) is 15.8 Å². The van der Waals surface area contributed by atoms with Crippen molar-refractivity contribution in [2.75, 3.05) is 4.72 Å². The summed E-state index contributed by atoms with van der Waals surface area (Å²) in [5, 5.41) is 10.2. The van der Waals surface area contributed by atoms with Crippen molar-refractivity contribution in [1.29, 1.82) is 0 Å². The van der Waals surface area contributed by atoms with Gasteiger partial charge in [-0.05, 0) is 42.0 Å². The van der Waals surface area contributed by atoms with E-state index >= 15 is 0 Å². The van der Waals surface area contributed by atoms with Crippen molar-refractivity contribution in [3.8, 4) is 5.75 Å². The Kier molecular flexibility index (Phi) is 5.02. The number of phenolic OH excluding ortho intramolecular Hbond substituents is 1. The zero-order chi connectivity index (χ0) is 19.6. The maximum Gasteiger partial charge on any atom is 0.295 e. The molecular formula is C21H17NO4S2. The molecule has 0 saturated heterocycles. The van der Waals surface area contributed by atoms with Crippen molar-refractivity contribution in [3.63, 3.8) is 0 Å². The van der Waals surface area contributed by atoms with E-state index in [1.165, 1.54) is 6.07 Å². The van der Waals surface area contributed by atoms with Crippen molar-refractivity contribution in [3.05, 3.63) is 84.4 Å². The van der Waals surface area contributed by atoms with Crippen LogP contribution in [0.1, 0.15) is 5.56 Å². The molecule has 1 heterocycles. The number of para-hydroxylation sites is 1. The number of nitrogens with one attached hydrogen (secondary N) is 1. The molecule has 4 aromatic rings. The van der Waals surface area contributed by atoms with Gasteiger partial charge in [-0.2, -0.15) is 8.42 Å². The number of furan rings is 1. The molecule has 0 radical (unpaired) electrons. The smallest absolute Gasteiger partial charge is 0.295 e. The largest absolute Gasteiger partial charge is 0.508 e. The van der Waals surface area contributed by atoms with Gasteiger partial charge in [0.05, 0.1) is 5.69 Å². The zero-order valence-electron chi connectivity index (χ0n) is 14.7. The maximum absolute atomic E-state index is 12.7. The van der Waals surface area contributed by atoms with Crippen molar-refractivity contribution in [2.24, 2.45) is 0 Å². The van der Waals surface area contributed by atoms with E-state index < -0.39 is 10.0 Å². The van der Waals surface area contributed by atoms with Crippen LogP contribution in [-0.2, 0) is 15.8 Å². The van der Waals surface area contributed by atoms with Crippen LogP contribution < -0.4 is 4.72 Å². The number of benzene rings is 3. The van der Waals surface area contributed by atoms with Gasteiger partial charge < -0.3 is 9.52 Å². The van der Waals surface area contributed by atoms with Gasteiger partial charge in [0, 0.05) is 22.1 Å². The van der Waals surface area contributed by atoms with Crippen LogP contribution in [0.25, 0.3) is 11.0 Å². The molecule has 0 fully saturated rings. The van der Waals surface area contributed by atoms with E-state index in [9.17, 15) is 13.5 Å². The Labute approximate surface area is 167 Å². The van der Waals surface area contributed by atoms with Crippen LogP contribution in [0.2, 0.25) is 0 Å². The summed E-state index contributed by atoms with van der Waals surface area (Å²) >= 11 is 1.55. The Hall–Kier alpha value is -2.90. The SMILES string of the molecule is O=S(=O)(Nc1cccc(SCc2cccc(O)c2)c1)c1cc2ccccc2o1. The van der Waals surface area contributed by atoms with Gasteiger partial charge in [0.2, 0.25) is 5.09 Å². The predicted octanol–water partition coefficient (Wildman–Crippen LogP) is 5.23. The van der Waals surface area contributed by atoms with Crippen LogP contribution in [0.15, 0.2) is 93.3 Å². The lowest BCUT2D eigenvalue weighted by atomic mass is 10.2. The third-order valence-electron chi connectivity index (χ3n) is 4.07. The number of rotatable bonds is 6. The second-order valence-electron chi connectivity index (χ2n) is 6.20. The van der Waals surface area contributed by atoms with Crippen LogP contribution >= 0.6 is 11.8 Å². The summed E-state index contributed by atoms with van der Waals surface area (Å²) < 4.78 is 33.4. The number of hydrogen-bond acceptors (Lipinski definition) is 5. The minimum absolute atomic E-state index is 0.119. The van der Waals surface area contributed by atoms with Crippen molar-refractivity contribution in [2.45, 2.75) is 15.7 Å². The highest BCUT2D eigenvalue weighted by atomic mass is 32.2. The molecule has 0 bridgehead atoms. The van der Waals surface area contributed by atoms with Gasteiger partial charge in [-0.1, -0.05) is 36.4 Å².